The zero-order chi connectivity index (χ0) is 12.1. The van der Waals surface area contributed by atoms with Crippen LogP contribution in [0.2, 0.25) is 0 Å². The van der Waals surface area contributed by atoms with Crippen molar-refractivity contribution >= 4 is 17.2 Å². The minimum atomic E-state index is -0.422. The maximum absolute atomic E-state index is 13.5. The van der Waals surface area contributed by atoms with Crippen LogP contribution in [0.25, 0.3) is 0 Å². The second-order valence-electron chi connectivity index (χ2n) is 4.04. The van der Waals surface area contributed by atoms with Crippen LogP contribution in [0.15, 0.2) is 18.2 Å². The van der Waals surface area contributed by atoms with Gasteiger partial charge in [-0.1, -0.05) is 26.1 Å². The van der Waals surface area contributed by atoms with Gasteiger partial charge in [0.05, 0.1) is 6.61 Å². The van der Waals surface area contributed by atoms with Gasteiger partial charge in [0.25, 0.3) is 0 Å². The van der Waals surface area contributed by atoms with E-state index in [0.717, 1.165) is 6.42 Å². The molecule has 0 radical (unpaired) electrons. The number of nitrogens with two attached hydrogens (primary N) is 1. The van der Waals surface area contributed by atoms with Gasteiger partial charge in [0.15, 0.2) is 11.6 Å². The van der Waals surface area contributed by atoms with E-state index in [4.69, 9.17) is 22.7 Å². The van der Waals surface area contributed by atoms with E-state index in [1.165, 1.54) is 6.07 Å². The smallest absolute Gasteiger partial charge is 0.165 e. The van der Waals surface area contributed by atoms with Gasteiger partial charge in [-0.2, -0.15) is 0 Å². The Labute approximate surface area is 101 Å². The van der Waals surface area contributed by atoms with Gasteiger partial charge < -0.3 is 10.5 Å². The summed E-state index contributed by atoms with van der Waals surface area (Å²) in [4.78, 5) is 0.188. The van der Waals surface area contributed by atoms with Crippen LogP contribution in [0.4, 0.5) is 4.39 Å². The third kappa shape index (κ3) is 3.77. The molecule has 0 atom stereocenters. The van der Waals surface area contributed by atoms with E-state index in [2.05, 4.69) is 13.8 Å². The minimum Gasteiger partial charge on any atom is -0.491 e. The van der Waals surface area contributed by atoms with Gasteiger partial charge in [0.2, 0.25) is 0 Å². The number of rotatable bonds is 5. The molecule has 0 amide bonds. The molecule has 0 unspecified atom stereocenters. The second-order valence-corrected chi connectivity index (χ2v) is 4.48. The molecule has 0 saturated heterocycles. The first-order valence-electron chi connectivity index (χ1n) is 5.23. The molecule has 2 nitrogen and oxygen atoms in total. The quantitative estimate of drug-likeness (QED) is 0.805. The van der Waals surface area contributed by atoms with E-state index in [9.17, 15) is 4.39 Å². The zero-order valence-corrected chi connectivity index (χ0v) is 10.3. The molecule has 4 heteroatoms. The summed E-state index contributed by atoms with van der Waals surface area (Å²) in [6, 6.07) is 4.52. The van der Waals surface area contributed by atoms with E-state index in [1.54, 1.807) is 12.1 Å². The van der Waals surface area contributed by atoms with E-state index < -0.39 is 5.82 Å². The molecule has 88 valence electrons. The van der Waals surface area contributed by atoms with Gasteiger partial charge in [0, 0.05) is 5.56 Å². The molecule has 0 spiro atoms. The lowest BCUT2D eigenvalue weighted by atomic mass is 10.1. The summed E-state index contributed by atoms with van der Waals surface area (Å²) < 4.78 is 18.8. The summed E-state index contributed by atoms with van der Waals surface area (Å²) in [7, 11) is 0. The lowest BCUT2D eigenvalue weighted by Gasteiger charge is -2.09. The fourth-order valence-corrected chi connectivity index (χ4v) is 1.30. The number of hydrogen-bond acceptors (Lipinski definition) is 2. The van der Waals surface area contributed by atoms with Crippen molar-refractivity contribution in [1.29, 1.82) is 0 Å². The van der Waals surface area contributed by atoms with Crippen LogP contribution in [0.3, 0.4) is 0 Å². The topological polar surface area (TPSA) is 35.2 Å². The van der Waals surface area contributed by atoms with E-state index >= 15 is 0 Å². The highest BCUT2D eigenvalue weighted by Crippen LogP contribution is 2.19. The van der Waals surface area contributed by atoms with Gasteiger partial charge in [-0.15, -0.1) is 0 Å². The molecule has 1 rings (SSSR count). The Balaban J connectivity index is 2.64. The highest BCUT2D eigenvalue weighted by Gasteiger charge is 2.06. The maximum Gasteiger partial charge on any atom is 0.165 e. The summed E-state index contributed by atoms with van der Waals surface area (Å²) in [5, 5.41) is 0. The van der Waals surface area contributed by atoms with Crippen molar-refractivity contribution in [3.05, 3.63) is 29.6 Å². The Kier molecular flexibility index (Phi) is 4.68. The first-order valence-corrected chi connectivity index (χ1v) is 5.63. The van der Waals surface area contributed by atoms with Crippen LogP contribution >= 0.6 is 12.2 Å². The van der Waals surface area contributed by atoms with Crippen molar-refractivity contribution < 1.29 is 9.13 Å². The van der Waals surface area contributed by atoms with Crippen molar-refractivity contribution in [2.24, 2.45) is 11.7 Å². The monoisotopic (exact) mass is 241 g/mol. The van der Waals surface area contributed by atoms with E-state index in [-0.39, 0.29) is 10.7 Å². The van der Waals surface area contributed by atoms with Gasteiger partial charge in [0.1, 0.15) is 4.99 Å². The molecule has 0 bridgehead atoms. The van der Waals surface area contributed by atoms with Crippen LogP contribution in [0.5, 0.6) is 5.75 Å². The Morgan fingerprint density at radius 1 is 1.50 bits per heavy atom. The molecule has 0 aliphatic carbocycles. The summed E-state index contributed by atoms with van der Waals surface area (Å²) in [5.74, 6) is 0.369. The first kappa shape index (κ1) is 12.9. The molecule has 0 saturated carbocycles. The third-order valence-corrected chi connectivity index (χ3v) is 2.40. The molecule has 0 fully saturated rings. The molecule has 0 aromatic heterocycles. The Bertz CT molecular complexity index is 379. The van der Waals surface area contributed by atoms with E-state index in [0.29, 0.717) is 18.1 Å². The molecular weight excluding hydrogens is 225 g/mol. The first-order chi connectivity index (χ1) is 7.50. The van der Waals surface area contributed by atoms with Crippen molar-refractivity contribution in [3.8, 4) is 5.75 Å². The summed E-state index contributed by atoms with van der Waals surface area (Å²) >= 11 is 4.76. The van der Waals surface area contributed by atoms with Gasteiger partial charge in [-0.25, -0.2) is 4.39 Å². The molecular formula is C12H16FNOS. The number of thiocarbonyl (C=S) groups is 1. The molecule has 0 aliphatic heterocycles. The van der Waals surface area contributed by atoms with Gasteiger partial charge in [-0.3, -0.25) is 0 Å². The van der Waals surface area contributed by atoms with Crippen molar-refractivity contribution in [2.45, 2.75) is 20.3 Å². The van der Waals surface area contributed by atoms with Crippen molar-refractivity contribution in [2.75, 3.05) is 6.61 Å². The highest BCUT2D eigenvalue weighted by molar-refractivity contribution is 7.80. The largest absolute Gasteiger partial charge is 0.491 e. The number of hydrogen-bond donors (Lipinski definition) is 1. The molecule has 1 aromatic carbocycles. The van der Waals surface area contributed by atoms with Crippen LogP contribution in [-0.4, -0.2) is 11.6 Å². The lowest BCUT2D eigenvalue weighted by Crippen LogP contribution is -2.10. The highest BCUT2D eigenvalue weighted by atomic mass is 32.1. The minimum absolute atomic E-state index is 0.188. The number of ether oxygens (including phenoxy) is 1. The summed E-state index contributed by atoms with van der Waals surface area (Å²) in [5.41, 5.74) is 5.91. The predicted octanol–water partition coefficient (Wildman–Crippen LogP) is 2.88. The summed E-state index contributed by atoms with van der Waals surface area (Å²) in [6.45, 7) is 4.70. The predicted molar refractivity (Wildman–Crippen MR) is 67.2 cm³/mol. The summed E-state index contributed by atoms with van der Waals surface area (Å²) in [6.07, 6.45) is 0.899. The Morgan fingerprint density at radius 3 is 2.69 bits per heavy atom. The standard InChI is InChI=1S/C12H16FNOS/c1-8(2)5-6-15-11-4-3-9(12(14)16)7-10(11)13/h3-4,7-8H,5-6H2,1-2H3,(H2,14,16). The van der Waals surface area contributed by atoms with Crippen LogP contribution in [0.1, 0.15) is 25.8 Å². The average Bonchev–Trinajstić information content (AvgIpc) is 2.19. The zero-order valence-electron chi connectivity index (χ0n) is 9.50. The second kappa shape index (κ2) is 5.80. The van der Waals surface area contributed by atoms with Crippen molar-refractivity contribution in [3.63, 3.8) is 0 Å². The Morgan fingerprint density at radius 2 is 2.19 bits per heavy atom. The van der Waals surface area contributed by atoms with Crippen LogP contribution in [-0.2, 0) is 0 Å². The number of halogens is 1. The molecule has 2 N–H and O–H groups in total. The maximum atomic E-state index is 13.5. The van der Waals surface area contributed by atoms with Crippen molar-refractivity contribution in [1.82, 2.24) is 0 Å². The van der Waals surface area contributed by atoms with Crippen LogP contribution < -0.4 is 10.5 Å². The third-order valence-electron chi connectivity index (χ3n) is 2.17. The fraction of sp³-hybridized carbons (Fsp3) is 0.417. The number of benzene rings is 1. The SMILES string of the molecule is CC(C)CCOc1ccc(C(N)=S)cc1F. The molecule has 0 aliphatic rings. The normalized spacial score (nSPS) is 10.5. The van der Waals surface area contributed by atoms with E-state index in [1.807, 2.05) is 0 Å². The Hall–Kier alpha value is -1.16. The average molecular weight is 241 g/mol. The molecule has 1 aromatic rings. The lowest BCUT2D eigenvalue weighted by molar-refractivity contribution is 0.277. The van der Waals surface area contributed by atoms with Gasteiger partial charge >= 0.3 is 0 Å². The molecule has 0 heterocycles. The van der Waals surface area contributed by atoms with Gasteiger partial charge in [-0.05, 0) is 30.5 Å². The molecule has 16 heavy (non-hydrogen) atoms. The fourth-order valence-electron chi connectivity index (χ4n) is 1.18. The van der Waals surface area contributed by atoms with Crippen LogP contribution in [0, 0.1) is 11.7 Å².